The van der Waals surface area contributed by atoms with Crippen LogP contribution in [0.4, 0.5) is 13.2 Å². The molecule has 0 N–H and O–H groups in total. The Kier molecular flexibility index (Phi) is 5.07. The molecule has 0 saturated carbocycles. The molecule has 0 aromatic heterocycles. The maximum atomic E-state index is 12.3. The van der Waals surface area contributed by atoms with E-state index in [1.807, 2.05) is 4.90 Å². The zero-order valence-electron chi connectivity index (χ0n) is 11.6. The summed E-state index contributed by atoms with van der Waals surface area (Å²) < 4.78 is 40.7. The molecule has 0 amide bonds. The van der Waals surface area contributed by atoms with Crippen molar-refractivity contribution in [3.8, 4) is 11.8 Å². The van der Waals surface area contributed by atoms with E-state index in [1.54, 1.807) is 6.07 Å². The molecule has 0 radical (unpaired) electrons. The van der Waals surface area contributed by atoms with Crippen molar-refractivity contribution in [1.82, 2.24) is 4.90 Å². The number of ether oxygens (including phenoxy) is 1. The third kappa shape index (κ3) is 4.64. The highest BCUT2D eigenvalue weighted by Gasteiger charge is 2.31. The Morgan fingerprint density at radius 2 is 1.81 bits per heavy atom. The molecule has 1 unspecified atom stereocenters. The number of benzene rings is 1. The first-order valence-electron chi connectivity index (χ1n) is 6.99. The summed E-state index contributed by atoms with van der Waals surface area (Å²) in [5, 5.41) is 9.39. The van der Waals surface area contributed by atoms with E-state index in [0.717, 1.165) is 38.8 Å². The van der Waals surface area contributed by atoms with Gasteiger partial charge in [0.1, 0.15) is 11.8 Å². The third-order valence-electron chi connectivity index (χ3n) is 3.54. The molecule has 1 aromatic carbocycles. The topological polar surface area (TPSA) is 36.3 Å². The highest BCUT2D eigenvalue weighted by molar-refractivity contribution is 5.33. The van der Waals surface area contributed by atoms with Gasteiger partial charge in [0, 0.05) is 0 Å². The largest absolute Gasteiger partial charge is 0.573 e. The predicted molar refractivity (Wildman–Crippen MR) is 71.5 cm³/mol. The van der Waals surface area contributed by atoms with Crippen LogP contribution in [0.25, 0.3) is 0 Å². The smallest absolute Gasteiger partial charge is 0.406 e. The first-order chi connectivity index (χ1) is 9.99. The van der Waals surface area contributed by atoms with Gasteiger partial charge in [0.25, 0.3) is 0 Å². The highest BCUT2D eigenvalue weighted by atomic mass is 19.4. The molecule has 114 valence electrons. The van der Waals surface area contributed by atoms with Crippen LogP contribution >= 0.6 is 0 Å². The lowest BCUT2D eigenvalue weighted by atomic mass is 10.1. The van der Waals surface area contributed by atoms with Gasteiger partial charge < -0.3 is 4.74 Å². The van der Waals surface area contributed by atoms with Crippen LogP contribution in [0.1, 0.15) is 37.3 Å². The summed E-state index contributed by atoms with van der Waals surface area (Å²) in [7, 11) is 0. The molecular weight excluding hydrogens is 281 g/mol. The van der Waals surface area contributed by atoms with Crippen LogP contribution in [0.3, 0.4) is 0 Å². The van der Waals surface area contributed by atoms with E-state index in [1.165, 1.54) is 18.2 Å². The molecule has 6 heteroatoms. The van der Waals surface area contributed by atoms with Gasteiger partial charge >= 0.3 is 6.36 Å². The zero-order chi connectivity index (χ0) is 15.3. The van der Waals surface area contributed by atoms with Crippen molar-refractivity contribution >= 4 is 0 Å². The van der Waals surface area contributed by atoms with Gasteiger partial charge in [0.05, 0.1) is 6.07 Å². The van der Waals surface area contributed by atoms with Crippen molar-refractivity contribution in [3.05, 3.63) is 29.8 Å². The van der Waals surface area contributed by atoms with Crippen LogP contribution < -0.4 is 4.74 Å². The first kappa shape index (κ1) is 15.6. The summed E-state index contributed by atoms with van der Waals surface area (Å²) in [6, 6.07) is 7.36. The molecule has 1 aliphatic rings. The molecule has 1 heterocycles. The number of rotatable bonds is 3. The molecule has 1 aromatic rings. The summed E-state index contributed by atoms with van der Waals surface area (Å²) in [6.45, 7) is 1.59. The van der Waals surface area contributed by atoms with E-state index in [0.29, 0.717) is 5.56 Å². The highest BCUT2D eigenvalue weighted by Crippen LogP contribution is 2.29. The summed E-state index contributed by atoms with van der Waals surface area (Å²) >= 11 is 0. The Morgan fingerprint density at radius 3 is 2.38 bits per heavy atom. The van der Waals surface area contributed by atoms with Gasteiger partial charge in [-0.25, -0.2) is 0 Å². The molecule has 1 atom stereocenters. The van der Waals surface area contributed by atoms with Crippen molar-refractivity contribution in [2.24, 2.45) is 0 Å². The van der Waals surface area contributed by atoms with E-state index >= 15 is 0 Å². The second-order valence-electron chi connectivity index (χ2n) is 5.10. The van der Waals surface area contributed by atoms with Crippen LogP contribution in [-0.4, -0.2) is 24.4 Å². The lowest BCUT2D eigenvalue weighted by Gasteiger charge is -2.25. The predicted octanol–water partition coefficient (Wildman–Crippen LogP) is 4.03. The Balaban J connectivity index is 2.18. The summed E-state index contributed by atoms with van der Waals surface area (Å²) in [5.74, 6) is -0.282. The standard InChI is InChI=1S/C15H17F3N2O/c16-15(17,18)21-13-7-5-6-12(10-13)14(11-19)20-8-3-1-2-4-9-20/h5-7,10,14H,1-4,8-9H2. The molecule has 1 fully saturated rings. The third-order valence-corrected chi connectivity index (χ3v) is 3.54. The summed E-state index contributed by atoms with van der Waals surface area (Å²) in [4.78, 5) is 2.03. The van der Waals surface area contributed by atoms with Crippen molar-refractivity contribution in [2.75, 3.05) is 13.1 Å². The fourth-order valence-electron chi connectivity index (χ4n) is 2.60. The Hall–Kier alpha value is -1.74. The van der Waals surface area contributed by atoms with E-state index in [-0.39, 0.29) is 5.75 Å². The van der Waals surface area contributed by atoms with Crippen molar-refractivity contribution in [1.29, 1.82) is 5.26 Å². The van der Waals surface area contributed by atoms with Crippen LogP contribution in [0.5, 0.6) is 5.75 Å². The van der Waals surface area contributed by atoms with Crippen LogP contribution in [0.2, 0.25) is 0 Å². The minimum Gasteiger partial charge on any atom is -0.406 e. The van der Waals surface area contributed by atoms with Crippen molar-refractivity contribution in [3.63, 3.8) is 0 Å². The number of nitriles is 1. The summed E-state index contributed by atoms with van der Waals surface area (Å²) in [6.07, 6.45) is -0.436. The van der Waals surface area contributed by atoms with E-state index < -0.39 is 12.4 Å². The fourth-order valence-corrected chi connectivity index (χ4v) is 2.60. The average molecular weight is 298 g/mol. The van der Waals surface area contributed by atoms with Crippen LogP contribution in [-0.2, 0) is 0 Å². The van der Waals surface area contributed by atoms with Gasteiger partial charge in [-0.05, 0) is 43.6 Å². The number of likely N-dealkylation sites (tertiary alicyclic amines) is 1. The SMILES string of the molecule is N#CC(c1cccc(OC(F)(F)F)c1)N1CCCCCC1. The molecule has 1 saturated heterocycles. The minimum absolute atomic E-state index is 0.282. The molecule has 1 aliphatic heterocycles. The normalized spacial score (nSPS) is 18.6. The molecular formula is C15H17F3N2O. The fraction of sp³-hybridized carbons (Fsp3) is 0.533. The van der Waals surface area contributed by atoms with Crippen LogP contribution in [0, 0.1) is 11.3 Å². The molecule has 0 aliphatic carbocycles. The maximum Gasteiger partial charge on any atom is 0.573 e. The Morgan fingerprint density at radius 1 is 1.14 bits per heavy atom. The van der Waals surface area contributed by atoms with Gasteiger partial charge in [0.2, 0.25) is 0 Å². The second kappa shape index (κ2) is 6.81. The molecule has 21 heavy (non-hydrogen) atoms. The number of nitrogens with zero attached hydrogens (tertiary/aromatic N) is 2. The van der Waals surface area contributed by atoms with Crippen LogP contribution in [0.15, 0.2) is 24.3 Å². The number of hydrogen-bond acceptors (Lipinski definition) is 3. The minimum atomic E-state index is -4.72. The van der Waals surface area contributed by atoms with Crippen molar-refractivity contribution in [2.45, 2.75) is 38.1 Å². The first-order valence-corrected chi connectivity index (χ1v) is 6.99. The van der Waals surface area contributed by atoms with Gasteiger partial charge in [-0.15, -0.1) is 13.2 Å². The van der Waals surface area contributed by atoms with Gasteiger partial charge in [-0.3, -0.25) is 4.90 Å². The Labute approximate surface area is 121 Å². The van der Waals surface area contributed by atoms with Gasteiger partial charge in [-0.2, -0.15) is 5.26 Å². The number of alkyl halides is 3. The zero-order valence-corrected chi connectivity index (χ0v) is 11.6. The van der Waals surface area contributed by atoms with E-state index in [4.69, 9.17) is 0 Å². The molecule has 0 spiro atoms. The lowest BCUT2D eigenvalue weighted by molar-refractivity contribution is -0.274. The van der Waals surface area contributed by atoms with Gasteiger partial charge in [-0.1, -0.05) is 25.0 Å². The summed E-state index contributed by atoms with van der Waals surface area (Å²) in [5.41, 5.74) is 0.543. The maximum absolute atomic E-state index is 12.3. The quantitative estimate of drug-likeness (QED) is 0.845. The molecule has 0 bridgehead atoms. The average Bonchev–Trinajstić information content (AvgIpc) is 2.67. The monoisotopic (exact) mass is 298 g/mol. The lowest BCUT2D eigenvalue weighted by Crippen LogP contribution is -2.29. The van der Waals surface area contributed by atoms with E-state index in [2.05, 4.69) is 10.8 Å². The van der Waals surface area contributed by atoms with E-state index in [9.17, 15) is 18.4 Å². The van der Waals surface area contributed by atoms with Crippen molar-refractivity contribution < 1.29 is 17.9 Å². The van der Waals surface area contributed by atoms with Gasteiger partial charge in [0.15, 0.2) is 0 Å². The Bertz CT molecular complexity index is 502. The second-order valence-corrected chi connectivity index (χ2v) is 5.10. The molecule has 2 rings (SSSR count). The number of hydrogen-bond donors (Lipinski definition) is 0. The molecule has 3 nitrogen and oxygen atoms in total. The number of halogens is 3.